The highest BCUT2D eigenvalue weighted by Crippen LogP contribution is 2.17. The highest BCUT2D eigenvalue weighted by Gasteiger charge is 2.24. The molecule has 2 N–H and O–H groups in total. The van der Waals surface area contributed by atoms with Crippen molar-refractivity contribution in [1.82, 2.24) is 9.88 Å². The highest BCUT2D eigenvalue weighted by atomic mass is 16.5. The molecule has 1 amide bonds. The van der Waals surface area contributed by atoms with Gasteiger partial charge < -0.3 is 20.1 Å². The molecule has 3 rings (SSSR count). The fraction of sp³-hybridized carbons (Fsp3) is 0.400. The van der Waals surface area contributed by atoms with Crippen LogP contribution in [0.15, 0.2) is 42.6 Å². The van der Waals surface area contributed by atoms with Crippen LogP contribution in [0.3, 0.4) is 0 Å². The third-order valence-corrected chi connectivity index (χ3v) is 4.58. The van der Waals surface area contributed by atoms with Gasteiger partial charge in [0.2, 0.25) is 5.91 Å². The van der Waals surface area contributed by atoms with E-state index < -0.39 is 0 Å². The largest absolute Gasteiger partial charge is 0.497 e. The number of hydrogen-bond acceptors (Lipinski definition) is 5. The van der Waals surface area contributed by atoms with Gasteiger partial charge in [0.1, 0.15) is 11.6 Å². The van der Waals surface area contributed by atoms with Crippen molar-refractivity contribution in [3.8, 4) is 5.75 Å². The number of aromatic nitrogens is 1. The molecule has 1 aromatic carbocycles. The first-order chi connectivity index (χ1) is 12.6. The number of ether oxygens (including phenoxy) is 2. The van der Waals surface area contributed by atoms with Crippen LogP contribution in [-0.4, -0.2) is 48.7 Å². The molecule has 138 valence electrons. The molecule has 1 aromatic heterocycles. The van der Waals surface area contributed by atoms with Crippen molar-refractivity contribution in [3.05, 3.63) is 53.7 Å². The van der Waals surface area contributed by atoms with E-state index in [-0.39, 0.29) is 12.0 Å². The van der Waals surface area contributed by atoms with E-state index in [9.17, 15) is 4.79 Å². The van der Waals surface area contributed by atoms with Crippen molar-refractivity contribution in [3.63, 3.8) is 0 Å². The maximum Gasteiger partial charge on any atom is 0.227 e. The van der Waals surface area contributed by atoms with Crippen molar-refractivity contribution >= 4 is 11.7 Å². The summed E-state index contributed by atoms with van der Waals surface area (Å²) in [6.07, 6.45) is 3.86. The third kappa shape index (κ3) is 4.95. The molecule has 6 nitrogen and oxygen atoms in total. The molecule has 1 atom stereocenters. The Morgan fingerprint density at radius 1 is 1.35 bits per heavy atom. The number of benzene rings is 1. The molecular weight excluding hydrogens is 330 g/mol. The van der Waals surface area contributed by atoms with Gasteiger partial charge in [-0.3, -0.25) is 4.79 Å². The van der Waals surface area contributed by atoms with Crippen LogP contribution in [0.1, 0.15) is 17.5 Å². The SMILES string of the molecule is COc1cccc(CC(=O)N2CCO[C@@H](CCc3ccnc(N)c3)C2)c1. The number of nitrogens with two attached hydrogens (primary N) is 1. The molecule has 0 unspecified atom stereocenters. The Hall–Kier alpha value is -2.60. The van der Waals surface area contributed by atoms with E-state index in [2.05, 4.69) is 4.98 Å². The summed E-state index contributed by atoms with van der Waals surface area (Å²) in [6, 6.07) is 11.5. The van der Waals surface area contributed by atoms with Gasteiger partial charge >= 0.3 is 0 Å². The van der Waals surface area contributed by atoms with Crippen LogP contribution in [0.2, 0.25) is 0 Å². The number of pyridine rings is 1. The number of methoxy groups -OCH3 is 1. The predicted octanol–water partition coefficient (Wildman–Crippen LogP) is 2.08. The third-order valence-electron chi connectivity index (χ3n) is 4.58. The first kappa shape index (κ1) is 18.2. The van der Waals surface area contributed by atoms with Crippen LogP contribution in [0.5, 0.6) is 5.75 Å². The van der Waals surface area contributed by atoms with Gasteiger partial charge in [-0.05, 0) is 48.2 Å². The van der Waals surface area contributed by atoms with Gasteiger partial charge in [0, 0.05) is 19.3 Å². The van der Waals surface area contributed by atoms with Crippen molar-refractivity contribution < 1.29 is 14.3 Å². The Balaban J connectivity index is 1.53. The van der Waals surface area contributed by atoms with E-state index in [4.69, 9.17) is 15.2 Å². The summed E-state index contributed by atoms with van der Waals surface area (Å²) >= 11 is 0. The van der Waals surface area contributed by atoms with E-state index in [1.807, 2.05) is 41.3 Å². The Morgan fingerprint density at radius 3 is 3.04 bits per heavy atom. The minimum atomic E-state index is 0.0485. The zero-order valence-electron chi connectivity index (χ0n) is 15.1. The van der Waals surface area contributed by atoms with Gasteiger partial charge in [-0.15, -0.1) is 0 Å². The number of carbonyl (C=O) groups excluding carboxylic acids is 1. The first-order valence-electron chi connectivity index (χ1n) is 8.87. The topological polar surface area (TPSA) is 77.7 Å². The Bertz CT molecular complexity index is 751. The lowest BCUT2D eigenvalue weighted by atomic mass is 10.1. The van der Waals surface area contributed by atoms with Gasteiger partial charge in [-0.25, -0.2) is 4.98 Å². The van der Waals surface area contributed by atoms with Gasteiger partial charge in [0.05, 0.1) is 26.2 Å². The van der Waals surface area contributed by atoms with E-state index in [1.54, 1.807) is 13.3 Å². The van der Waals surface area contributed by atoms with Crippen LogP contribution in [0.25, 0.3) is 0 Å². The summed E-state index contributed by atoms with van der Waals surface area (Å²) in [6.45, 7) is 1.85. The minimum Gasteiger partial charge on any atom is -0.497 e. The van der Waals surface area contributed by atoms with E-state index in [0.29, 0.717) is 31.9 Å². The molecule has 0 spiro atoms. The van der Waals surface area contributed by atoms with E-state index in [0.717, 1.165) is 29.7 Å². The van der Waals surface area contributed by atoms with Gasteiger partial charge in [-0.1, -0.05) is 12.1 Å². The number of rotatable bonds is 6. The second kappa shape index (κ2) is 8.67. The van der Waals surface area contributed by atoms with Crippen LogP contribution in [0.4, 0.5) is 5.82 Å². The molecule has 6 heteroatoms. The van der Waals surface area contributed by atoms with E-state index in [1.165, 1.54) is 0 Å². The maximum absolute atomic E-state index is 12.6. The zero-order valence-corrected chi connectivity index (χ0v) is 15.1. The monoisotopic (exact) mass is 355 g/mol. The number of nitrogens with zero attached hydrogens (tertiary/aromatic N) is 2. The molecule has 26 heavy (non-hydrogen) atoms. The molecule has 0 radical (unpaired) electrons. The molecular formula is C20H25N3O3. The number of amides is 1. The van der Waals surface area contributed by atoms with Crippen LogP contribution in [-0.2, 0) is 22.4 Å². The summed E-state index contributed by atoms with van der Waals surface area (Å²) in [5, 5.41) is 0. The molecule has 2 aromatic rings. The standard InChI is InChI=1S/C20H25N3O3/c1-25-17-4-2-3-16(11-17)13-20(24)23-9-10-26-18(14-23)6-5-15-7-8-22-19(21)12-15/h2-4,7-8,11-12,18H,5-6,9-10,13-14H2,1H3,(H2,21,22)/t18-/m0/s1. The second-order valence-electron chi connectivity index (χ2n) is 6.49. The summed E-state index contributed by atoms with van der Waals surface area (Å²) in [4.78, 5) is 18.5. The van der Waals surface area contributed by atoms with Gasteiger partial charge in [-0.2, -0.15) is 0 Å². The fourth-order valence-electron chi connectivity index (χ4n) is 3.17. The summed E-state index contributed by atoms with van der Waals surface area (Å²) in [7, 11) is 1.63. The number of carbonyl (C=O) groups is 1. The molecule has 1 aliphatic rings. The van der Waals surface area contributed by atoms with Gasteiger partial charge in [0.15, 0.2) is 0 Å². The molecule has 1 fully saturated rings. The Kier molecular flexibility index (Phi) is 6.07. The molecule has 0 saturated carbocycles. The maximum atomic E-state index is 12.6. The van der Waals surface area contributed by atoms with Crippen molar-refractivity contribution in [1.29, 1.82) is 0 Å². The van der Waals surface area contributed by atoms with Crippen molar-refractivity contribution in [2.45, 2.75) is 25.4 Å². The lowest BCUT2D eigenvalue weighted by Gasteiger charge is -2.33. The first-order valence-corrected chi connectivity index (χ1v) is 8.87. The average molecular weight is 355 g/mol. The average Bonchev–Trinajstić information content (AvgIpc) is 2.67. The normalized spacial score (nSPS) is 17.1. The van der Waals surface area contributed by atoms with Crippen LogP contribution in [0, 0.1) is 0 Å². The Labute approximate surface area is 153 Å². The lowest BCUT2D eigenvalue weighted by Crippen LogP contribution is -2.46. The molecule has 1 aliphatic heterocycles. The molecule has 0 aliphatic carbocycles. The smallest absolute Gasteiger partial charge is 0.227 e. The quantitative estimate of drug-likeness (QED) is 0.858. The number of nitrogen functional groups attached to an aromatic ring is 1. The summed E-state index contributed by atoms with van der Waals surface area (Å²) in [5.41, 5.74) is 7.82. The molecule has 2 heterocycles. The fourth-order valence-corrected chi connectivity index (χ4v) is 3.17. The number of aryl methyl sites for hydroxylation is 1. The number of anilines is 1. The van der Waals surface area contributed by atoms with E-state index >= 15 is 0 Å². The van der Waals surface area contributed by atoms with Crippen molar-refractivity contribution in [2.75, 3.05) is 32.5 Å². The highest BCUT2D eigenvalue weighted by molar-refractivity contribution is 5.79. The number of hydrogen-bond donors (Lipinski definition) is 1. The summed E-state index contributed by atoms with van der Waals surface area (Å²) in [5.74, 6) is 1.42. The second-order valence-corrected chi connectivity index (χ2v) is 6.49. The molecule has 1 saturated heterocycles. The van der Waals surface area contributed by atoms with Gasteiger partial charge in [0.25, 0.3) is 0 Å². The van der Waals surface area contributed by atoms with Crippen molar-refractivity contribution in [2.24, 2.45) is 0 Å². The molecule has 0 bridgehead atoms. The summed E-state index contributed by atoms with van der Waals surface area (Å²) < 4.78 is 11.1. The van der Waals surface area contributed by atoms with Crippen LogP contribution >= 0.6 is 0 Å². The lowest BCUT2D eigenvalue weighted by molar-refractivity contribution is -0.138. The predicted molar refractivity (Wildman–Crippen MR) is 100.0 cm³/mol. The van der Waals surface area contributed by atoms with Crippen LogP contribution < -0.4 is 10.5 Å². The Morgan fingerprint density at radius 2 is 2.23 bits per heavy atom. The number of morpholine rings is 1. The zero-order chi connectivity index (χ0) is 18.4. The minimum absolute atomic E-state index is 0.0485.